The first-order chi connectivity index (χ1) is 12.5. The van der Waals surface area contributed by atoms with Crippen LogP contribution in [0.15, 0.2) is 35.3 Å². The SMILES string of the molecule is CN=C(NCCCCC(F)(F)F)N1CCC(COCc2ccccc2)C1.I. The van der Waals surface area contributed by atoms with Gasteiger partial charge in [-0.1, -0.05) is 30.3 Å². The molecule has 8 heteroatoms. The Balaban J connectivity index is 0.00000364. The highest BCUT2D eigenvalue weighted by Gasteiger charge is 2.26. The Morgan fingerprint density at radius 2 is 2.00 bits per heavy atom. The van der Waals surface area contributed by atoms with Gasteiger partial charge >= 0.3 is 6.18 Å². The third-order valence-electron chi connectivity index (χ3n) is 4.43. The average Bonchev–Trinajstić information content (AvgIpc) is 3.07. The third kappa shape index (κ3) is 9.64. The smallest absolute Gasteiger partial charge is 0.376 e. The van der Waals surface area contributed by atoms with E-state index in [0.717, 1.165) is 25.5 Å². The zero-order chi connectivity index (χ0) is 18.8. The van der Waals surface area contributed by atoms with E-state index in [9.17, 15) is 13.2 Å². The van der Waals surface area contributed by atoms with E-state index >= 15 is 0 Å². The number of unbranched alkanes of at least 4 members (excludes halogenated alkanes) is 1. The molecule has 0 amide bonds. The molecule has 0 radical (unpaired) electrons. The molecule has 27 heavy (non-hydrogen) atoms. The van der Waals surface area contributed by atoms with Gasteiger partial charge in [0.05, 0.1) is 13.2 Å². The Hall–Kier alpha value is -1.03. The molecule has 2 rings (SSSR count). The summed E-state index contributed by atoms with van der Waals surface area (Å²) in [6, 6.07) is 10.1. The number of guanidine groups is 1. The summed E-state index contributed by atoms with van der Waals surface area (Å²) in [6.07, 6.45) is -3.13. The number of aliphatic imine (C=N–C) groups is 1. The minimum atomic E-state index is -4.07. The molecule has 1 aromatic rings. The second kappa shape index (κ2) is 12.4. The number of nitrogens with one attached hydrogen (secondary N) is 1. The molecule has 1 atom stereocenters. The molecular weight excluding hydrogens is 470 g/mol. The molecule has 0 aromatic heterocycles. The number of benzene rings is 1. The number of likely N-dealkylation sites (tertiary alicyclic amines) is 1. The van der Waals surface area contributed by atoms with Crippen LogP contribution in [0.5, 0.6) is 0 Å². The molecule has 1 saturated heterocycles. The van der Waals surface area contributed by atoms with Crippen molar-refractivity contribution in [1.29, 1.82) is 0 Å². The molecule has 0 saturated carbocycles. The summed E-state index contributed by atoms with van der Waals surface area (Å²) >= 11 is 0. The molecule has 1 unspecified atom stereocenters. The molecule has 1 aliphatic heterocycles. The zero-order valence-corrected chi connectivity index (χ0v) is 18.0. The van der Waals surface area contributed by atoms with Crippen molar-refractivity contribution in [1.82, 2.24) is 10.2 Å². The van der Waals surface area contributed by atoms with Crippen molar-refractivity contribution in [2.75, 3.05) is 33.3 Å². The second-order valence-corrected chi connectivity index (χ2v) is 6.65. The van der Waals surface area contributed by atoms with E-state index in [1.54, 1.807) is 7.05 Å². The summed E-state index contributed by atoms with van der Waals surface area (Å²) in [5, 5.41) is 3.17. The fourth-order valence-electron chi connectivity index (χ4n) is 3.06. The van der Waals surface area contributed by atoms with Gasteiger partial charge in [0.15, 0.2) is 5.96 Å². The van der Waals surface area contributed by atoms with E-state index in [4.69, 9.17) is 4.74 Å². The third-order valence-corrected chi connectivity index (χ3v) is 4.43. The van der Waals surface area contributed by atoms with Crippen LogP contribution in [0.1, 0.15) is 31.2 Å². The Morgan fingerprint density at radius 1 is 1.26 bits per heavy atom. The van der Waals surface area contributed by atoms with Gasteiger partial charge in [-0.25, -0.2) is 0 Å². The molecule has 4 nitrogen and oxygen atoms in total. The van der Waals surface area contributed by atoms with Gasteiger partial charge in [0.25, 0.3) is 0 Å². The minimum absolute atomic E-state index is 0. The second-order valence-electron chi connectivity index (χ2n) is 6.65. The minimum Gasteiger partial charge on any atom is -0.376 e. The lowest BCUT2D eigenvalue weighted by molar-refractivity contribution is -0.135. The summed E-state index contributed by atoms with van der Waals surface area (Å²) in [7, 11) is 1.71. The van der Waals surface area contributed by atoms with Gasteiger partial charge in [0.1, 0.15) is 0 Å². The van der Waals surface area contributed by atoms with Crippen LogP contribution in [-0.4, -0.2) is 50.3 Å². The maximum Gasteiger partial charge on any atom is 0.389 e. The van der Waals surface area contributed by atoms with Gasteiger partial charge in [0.2, 0.25) is 0 Å². The lowest BCUT2D eigenvalue weighted by atomic mass is 10.1. The maximum absolute atomic E-state index is 12.1. The van der Waals surface area contributed by atoms with Gasteiger partial charge in [-0.3, -0.25) is 4.99 Å². The number of rotatable bonds is 8. The lowest BCUT2D eigenvalue weighted by Gasteiger charge is -2.21. The summed E-state index contributed by atoms with van der Waals surface area (Å²) in [5.74, 6) is 1.21. The van der Waals surface area contributed by atoms with Crippen LogP contribution in [0.2, 0.25) is 0 Å². The van der Waals surface area contributed by atoms with E-state index < -0.39 is 12.6 Å². The molecule has 154 valence electrons. The van der Waals surface area contributed by atoms with Crippen LogP contribution in [0, 0.1) is 5.92 Å². The highest BCUT2D eigenvalue weighted by molar-refractivity contribution is 14.0. The van der Waals surface area contributed by atoms with Crippen LogP contribution in [0.25, 0.3) is 0 Å². The molecular formula is C19H29F3IN3O. The number of ether oxygens (including phenoxy) is 1. The van der Waals surface area contributed by atoms with Crippen LogP contribution in [-0.2, 0) is 11.3 Å². The van der Waals surface area contributed by atoms with Crippen molar-refractivity contribution in [2.45, 2.75) is 38.5 Å². The molecule has 1 N–H and O–H groups in total. The first-order valence-electron chi connectivity index (χ1n) is 9.12. The predicted molar refractivity (Wildman–Crippen MR) is 112 cm³/mol. The van der Waals surface area contributed by atoms with Gasteiger partial charge < -0.3 is 15.0 Å². The van der Waals surface area contributed by atoms with Gasteiger partial charge in [-0.05, 0) is 24.8 Å². The van der Waals surface area contributed by atoms with Gasteiger partial charge in [0, 0.05) is 39.0 Å². The Morgan fingerprint density at radius 3 is 2.67 bits per heavy atom. The fraction of sp³-hybridized carbons (Fsp3) is 0.632. The van der Waals surface area contributed by atoms with Crippen molar-refractivity contribution in [2.24, 2.45) is 10.9 Å². The zero-order valence-electron chi connectivity index (χ0n) is 15.7. The lowest BCUT2D eigenvalue weighted by Crippen LogP contribution is -2.40. The summed E-state index contributed by atoms with van der Waals surface area (Å²) in [4.78, 5) is 6.40. The number of alkyl halides is 3. The van der Waals surface area contributed by atoms with Crippen molar-refractivity contribution in [3.63, 3.8) is 0 Å². The van der Waals surface area contributed by atoms with Crippen LogP contribution < -0.4 is 5.32 Å². The van der Waals surface area contributed by atoms with Crippen LogP contribution >= 0.6 is 24.0 Å². The highest BCUT2D eigenvalue weighted by atomic mass is 127. The number of hydrogen-bond acceptors (Lipinski definition) is 2. The number of halogens is 4. The van der Waals surface area contributed by atoms with E-state index in [1.807, 2.05) is 30.3 Å². The first kappa shape index (κ1) is 24.0. The van der Waals surface area contributed by atoms with E-state index in [-0.39, 0.29) is 30.4 Å². The molecule has 0 aliphatic carbocycles. The van der Waals surface area contributed by atoms with Gasteiger partial charge in [-0.2, -0.15) is 13.2 Å². The van der Waals surface area contributed by atoms with Crippen LogP contribution in [0.3, 0.4) is 0 Å². The van der Waals surface area contributed by atoms with E-state index in [2.05, 4.69) is 15.2 Å². The van der Waals surface area contributed by atoms with Crippen LogP contribution in [0.4, 0.5) is 13.2 Å². The molecule has 1 aromatic carbocycles. The Kier molecular flexibility index (Phi) is 11.1. The predicted octanol–water partition coefficient (Wildman–Crippen LogP) is 4.45. The number of nitrogens with zero attached hydrogens (tertiary/aromatic N) is 2. The standard InChI is InChI=1S/C19H28F3N3O.HI/c1-23-18(24-11-6-5-10-19(20,21)22)25-12-9-17(13-25)15-26-14-16-7-3-2-4-8-16;/h2-4,7-8,17H,5-6,9-15H2,1H3,(H,23,24);1H. The normalized spacial score (nSPS) is 17.7. The van der Waals surface area contributed by atoms with Crippen molar-refractivity contribution in [3.05, 3.63) is 35.9 Å². The van der Waals surface area contributed by atoms with Crippen molar-refractivity contribution in [3.8, 4) is 0 Å². The van der Waals surface area contributed by atoms with Crippen molar-refractivity contribution < 1.29 is 17.9 Å². The largest absolute Gasteiger partial charge is 0.389 e. The summed E-state index contributed by atoms with van der Waals surface area (Å²) in [6.45, 7) is 3.57. The molecule has 1 heterocycles. The molecule has 1 fully saturated rings. The fourth-order valence-corrected chi connectivity index (χ4v) is 3.06. The van der Waals surface area contributed by atoms with Gasteiger partial charge in [-0.15, -0.1) is 24.0 Å². The van der Waals surface area contributed by atoms with E-state index in [0.29, 0.717) is 32.1 Å². The van der Waals surface area contributed by atoms with E-state index in [1.165, 1.54) is 5.56 Å². The quantitative estimate of drug-likeness (QED) is 0.249. The first-order valence-corrected chi connectivity index (χ1v) is 9.12. The Labute approximate surface area is 176 Å². The monoisotopic (exact) mass is 499 g/mol. The topological polar surface area (TPSA) is 36.9 Å². The Bertz CT molecular complexity index is 555. The summed E-state index contributed by atoms with van der Waals surface area (Å²) < 4.78 is 42.2. The molecule has 1 aliphatic rings. The average molecular weight is 499 g/mol. The maximum atomic E-state index is 12.1. The molecule has 0 spiro atoms. The van der Waals surface area contributed by atoms with Crippen molar-refractivity contribution >= 4 is 29.9 Å². The number of hydrogen-bond donors (Lipinski definition) is 1. The molecule has 0 bridgehead atoms. The highest BCUT2D eigenvalue weighted by Crippen LogP contribution is 2.22. The summed E-state index contributed by atoms with van der Waals surface area (Å²) in [5.41, 5.74) is 1.17.